The number of carbonyl (C=O) groups is 2. The number of piperidine rings is 1. The zero-order chi connectivity index (χ0) is 12.7. The number of carbonyl (C=O) groups excluding carboxylic acids is 2. The summed E-state index contributed by atoms with van der Waals surface area (Å²) in [6, 6.07) is 0. The molecule has 5 heteroatoms. The molecule has 1 fully saturated rings. The lowest BCUT2D eigenvalue weighted by molar-refractivity contribution is -0.140. The molecule has 0 aromatic carbocycles. The van der Waals surface area contributed by atoms with Crippen LogP contribution in [0.4, 0.5) is 4.79 Å². The zero-order valence-electron chi connectivity index (χ0n) is 10.6. The summed E-state index contributed by atoms with van der Waals surface area (Å²) >= 11 is 0. The van der Waals surface area contributed by atoms with Gasteiger partial charge >= 0.3 is 12.1 Å². The Labute approximate surface area is 102 Å². The van der Waals surface area contributed by atoms with Crippen LogP contribution in [0, 0.1) is 5.92 Å². The fourth-order valence-corrected chi connectivity index (χ4v) is 2.17. The Morgan fingerprint density at radius 2 is 1.82 bits per heavy atom. The lowest BCUT2D eigenvalue weighted by Gasteiger charge is -2.30. The minimum Gasteiger partial charge on any atom is -0.469 e. The van der Waals surface area contributed by atoms with E-state index in [1.54, 1.807) is 4.90 Å². The molecule has 0 aliphatic carbocycles. The highest BCUT2D eigenvalue weighted by Gasteiger charge is 2.22. The van der Waals surface area contributed by atoms with E-state index in [0.717, 1.165) is 38.8 Å². The summed E-state index contributed by atoms with van der Waals surface area (Å²) in [4.78, 5) is 23.9. The number of hydrogen-bond acceptors (Lipinski definition) is 4. The summed E-state index contributed by atoms with van der Waals surface area (Å²) in [6.45, 7) is 1.52. The van der Waals surface area contributed by atoms with Crippen LogP contribution >= 0.6 is 0 Å². The fraction of sp³-hybridized carbons (Fsp3) is 0.833. The highest BCUT2D eigenvalue weighted by atomic mass is 16.5. The lowest BCUT2D eigenvalue weighted by Crippen LogP contribution is -2.38. The summed E-state index contributed by atoms with van der Waals surface area (Å²) in [5, 5.41) is 0. The van der Waals surface area contributed by atoms with Crippen molar-refractivity contribution in [3.8, 4) is 0 Å². The number of ether oxygens (including phenoxy) is 2. The SMILES string of the molecule is COC(=O)CCCC1CCN(C(=O)OC)CC1. The molecule has 1 heterocycles. The Morgan fingerprint density at radius 3 is 2.35 bits per heavy atom. The maximum atomic E-state index is 11.3. The monoisotopic (exact) mass is 243 g/mol. The van der Waals surface area contributed by atoms with Crippen LogP contribution in [0.2, 0.25) is 0 Å². The van der Waals surface area contributed by atoms with E-state index in [2.05, 4.69) is 9.47 Å². The summed E-state index contributed by atoms with van der Waals surface area (Å²) in [6.07, 6.45) is 4.15. The number of likely N-dealkylation sites (tertiary alicyclic amines) is 1. The lowest BCUT2D eigenvalue weighted by atomic mass is 9.92. The van der Waals surface area contributed by atoms with Gasteiger partial charge in [-0.05, 0) is 31.6 Å². The Balaban J connectivity index is 2.15. The molecule has 1 amide bonds. The van der Waals surface area contributed by atoms with E-state index in [9.17, 15) is 9.59 Å². The van der Waals surface area contributed by atoms with Gasteiger partial charge in [-0.3, -0.25) is 4.79 Å². The van der Waals surface area contributed by atoms with Gasteiger partial charge in [-0.15, -0.1) is 0 Å². The molecule has 0 spiro atoms. The number of nitrogens with zero attached hydrogens (tertiary/aromatic N) is 1. The van der Waals surface area contributed by atoms with Crippen LogP contribution in [0.5, 0.6) is 0 Å². The molecular formula is C12H21NO4. The van der Waals surface area contributed by atoms with Crippen molar-refractivity contribution >= 4 is 12.1 Å². The Hall–Kier alpha value is -1.26. The van der Waals surface area contributed by atoms with Crippen molar-refractivity contribution in [1.29, 1.82) is 0 Å². The highest BCUT2D eigenvalue weighted by molar-refractivity contribution is 5.69. The van der Waals surface area contributed by atoms with Gasteiger partial charge in [0, 0.05) is 19.5 Å². The Bertz CT molecular complexity index is 256. The smallest absolute Gasteiger partial charge is 0.409 e. The second kappa shape index (κ2) is 7.14. The molecule has 1 aliphatic heterocycles. The van der Waals surface area contributed by atoms with Crippen molar-refractivity contribution in [3.63, 3.8) is 0 Å². The van der Waals surface area contributed by atoms with Crippen LogP contribution in [0.1, 0.15) is 32.1 Å². The van der Waals surface area contributed by atoms with E-state index in [4.69, 9.17) is 0 Å². The van der Waals surface area contributed by atoms with Gasteiger partial charge in [0.25, 0.3) is 0 Å². The van der Waals surface area contributed by atoms with Crippen molar-refractivity contribution in [3.05, 3.63) is 0 Å². The first-order valence-electron chi connectivity index (χ1n) is 6.07. The first-order valence-corrected chi connectivity index (χ1v) is 6.07. The van der Waals surface area contributed by atoms with Crippen molar-refractivity contribution in [2.75, 3.05) is 27.3 Å². The van der Waals surface area contributed by atoms with Gasteiger partial charge in [-0.2, -0.15) is 0 Å². The third kappa shape index (κ3) is 4.63. The van der Waals surface area contributed by atoms with Crippen molar-refractivity contribution < 1.29 is 19.1 Å². The fourth-order valence-electron chi connectivity index (χ4n) is 2.17. The van der Waals surface area contributed by atoms with Gasteiger partial charge in [-0.1, -0.05) is 0 Å². The van der Waals surface area contributed by atoms with Crippen LogP contribution in [0.3, 0.4) is 0 Å². The molecule has 0 aromatic rings. The number of esters is 1. The van der Waals surface area contributed by atoms with Crippen LogP contribution in [0.15, 0.2) is 0 Å². The largest absolute Gasteiger partial charge is 0.469 e. The van der Waals surface area contributed by atoms with Crippen LogP contribution in [0.25, 0.3) is 0 Å². The molecule has 5 nitrogen and oxygen atoms in total. The molecule has 98 valence electrons. The number of rotatable bonds is 4. The summed E-state index contributed by atoms with van der Waals surface area (Å²) in [7, 11) is 2.82. The van der Waals surface area contributed by atoms with Gasteiger partial charge in [-0.25, -0.2) is 4.79 Å². The number of amides is 1. The van der Waals surface area contributed by atoms with E-state index in [1.165, 1.54) is 14.2 Å². The quantitative estimate of drug-likeness (QED) is 0.707. The highest BCUT2D eigenvalue weighted by Crippen LogP contribution is 2.22. The van der Waals surface area contributed by atoms with Crippen LogP contribution in [-0.4, -0.2) is 44.3 Å². The normalized spacial score (nSPS) is 16.7. The summed E-state index contributed by atoms with van der Waals surface area (Å²) < 4.78 is 9.27. The molecule has 1 aliphatic rings. The second-order valence-electron chi connectivity index (χ2n) is 4.37. The Morgan fingerprint density at radius 1 is 1.18 bits per heavy atom. The third-order valence-electron chi connectivity index (χ3n) is 3.27. The maximum absolute atomic E-state index is 11.3. The average Bonchev–Trinajstić information content (AvgIpc) is 2.38. The van der Waals surface area contributed by atoms with Crippen molar-refractivity contribution in [1.82, 2.24) is 4.90 Å². The zero-order valence-corrected chi connectivity index (χ0v) is 10.6. The molecular weight excluding hydrogens is 222 g/mol. The van der Waals surface area contributed by atoms with E-state index < -0.39 is 0 Å². The predicted octanol–water partition coefficient (Wildman–Crippen LogP) is 1.81. The molecule has 0 N–H and O–H groups in total. The second-order valence-corrected chi connectivity index (χ2v) is 4.37. The third-order valence-corrected chi connectivity index (χ3v) is 3.27. The van der Waals surface area contributed by atoms with E-state index in [0.29, 0.717) is 12.3 Å². The van der Waals surface area contributed by atoms with E-state index in [1.807, 2.05) is 0 Å². The molecule has 1 rings (SSSR count). The van der Waals surface area contributed by atoms with Crippen molar-refractivity contribution in [2.45, 2.75) is 32.1 Å². The first kappa shape index (κ1) is 13.8. The molecule has 0 atom stereocenters. The topological polar surface area (TPSA) is 55.8 Å². The maximum Gasteiger partial charge on any atom is 0.409 e. The van der Waals surface area contributed by atoms with E-state index >= 15 is 0 Å². The van der Waals surface area contributed by atoms with Crippen LogP contribution < -0.4 is 0 Å². The van der Waals surface area contributed by atoms with Gasteiger partial charge < -0.3 is 14.4 Å². The molecule has 17 heavy (non-hydrogen) atoms. The van der Waals surface area contributed by atoms with Gasteiger partial charge in [0.05, 0.1) is 14.2 Å². The van der Waals surface area contributed by atoms with Crippen LogP contribution in [-0.2, 0) is 14.3 Å². The molecule has 0 radical (unpaired) electrons. The number of hydrogen-bond donors (Lipinski definition) is 0. The Kier molecular flexibility index (Phi) is 5.80. The minimum atomic E-state index is -0.238. The molecule has 0 saturated carbocycles. The average molecular weight is 243 g/mol. The van der Waals surface area contributed by atoms with Gasteiger partial charge in [0.15, 0.2) is 0 Å². The van der Waals surface area contributed by atoms with Gasteiger partial charge in [0.1, 0.15) is 0 Å². The van der Waals surface area contributed by atoms with Crippen molar-refractivity contribution in [2.24, 2.45) is 5.92 Å². The molecule has 1 saturated heterocycles. The summed E-state index contributed by atoms with van der Waals surface area (Å²) in [5.41, 5.74) is 0. The molecule has 0 bridgehead atoms. The first-order chi connectivity index (χ1) is 8.17. The van der Waals surface area contributed by atoms with E-state index in [-0.39, 0.29) is 12.1 Å². The standard InChI is InChI=1S/C12H21NO4/c1-16-11(14)5-3-4-10-6-8-13(9-7-10)12(15)17-2/h10H,3-9H2,1-2H3. The minimum absolute atomic E-state index is 0.142. The number of methoxy groups -OCH3 is 2. The molecule has 0 unspecified atom stereocenters. The summed E-state index contributed by atoms with van der Waals surface area (Å²) in [5.74, 6) is 0.470. The van der Waals surface area contributed by atoms with Gasteiger partial charge in [0.2, 0.25) is 0 Å². The predicted molar refractivity (Wildman–Crippen MR) is 62.6 cm³/mol. The molecule has 0 aromatic heterocycles.